The van der Waals surface area contributed by atoms with Crippen LogP contribution in [0.4, 0.5) is 0 Å². The maximum Gasteiger partial charge on any atom is 1.00 e. The predicted molar refractivity (Wildman–Crippen MR) is 101 cm³/mol. The Morgan fingerprint density at radius 3 is 2.31 bits per heavy atom. The monoisotopic (exact) mass is 391 g/mol. The van der Waals surface area contributed by atoms with E-state index in [-0.39, 0.29) is 41.9 Å². The van der Waals surface area contributed by atoms with Crippen molar-refractivity contribution >= 4 is 16.3 Å². The van der Waals surface area contributed by atoms with Gasteiger partial charge < -0.3 is 5.11 Å². The Morgan fingerprint density at radius 1 is 1.08 bits per heavy atom. The number of aryl methyl sites for hydroxylation is 1. The Bertz CT molecular complexity index is 632. The van der Waals surface area contributed by atoms with Gasteiger partial charge in [-0.05, 0) is 24.0 Å². The van der Waals surface area contributed by atoms with Crippen LogP contribution in [-0.2, 0) is 16.5 Å². The van der Waals surface area contributed by atoms with Gasteiger partial charge in [0.05, 0.1) is 12.3 Å². The Labute approximate surface area is 180 Å². The normalized spacial score (nSPS) is 11.6. The molecule has 0 amide bonds. The van der Waals surface area contributed by atoms with Crippen LogP contribution in [0.5, 0.6) is 5.75 Å². The molecule has 1 N–H and O–H groups in total. The molecule has 0 aliphatic carbocycles. The Kier molecular flexibility index (Phi) is 14.4. The first-order chi connectivity index (χ1) is 11.9. The molecule has 5 nitrogen and oxygen atoms in total. The van der Waals surface area contributed by atoms with Crippen molar-refractivity contribution < 1.29 is 47.6 Å². The first-order valence-corrected chi connectivity index (χ1v) is 10.8. The van der Waals surface area contributed by atoms with Crippen molar-refractivity contribution in [3.63, 3.8) is 0 Å². The summed E-state index contributed by atoms with van der Waals surface area (Å²) >= 11 is 0. The van der Waals surface area contributed by atoms with Crippen LogP contribution in [0.2, 0.25) is 0 Å². The summed E-state index contributed by atoms with van der Waals surface area (Å²) in [4.78, 5) is 3.91. The zero-order valence-corrected chi connectivity index (χ0v) is 18.9. The molecule has 0 spiro atoms. The average molecular weight is 392 g/mol. The van der Waals surface area contributed by atoms with Gasteiger partial charge in [0.2, 0.25) is 0 Å². The number of unbranched alkanes of at least 4 members (excludes halogenated alkanes) is 7. The second kappa shape index (κ2) is 14.6. The molecule has 0 fully saturated rings. The van der Waals surface area contributed by atoms with E-state index >= 15 is 0 Å². The summed E-state index contributed by atoms with van der Waals surface area (Å²) in [5, 5.41) is 11.8. The van der Waals surface area contributed by atoms with E-state index in [1.807, 2.05) is 12.1 Å². The molecule has 7 heteroatoms. The summed E-state index contributed by atoms with van der Waals surface area (Å²) in [5.41, 5.74) is 1.56. The summed E-state index contributed by atoms with van der Waals surface area (Å²) in [6.07, 6.45) is 12.4. The van der Waals surface area contributed by atoms with Crippen LogP contribution >= 0.6 is 0 Å². The van der Waals surface area contributed by atoms with Crippen molar-refractivity contribution in [1.29, 1.82) is 0 Å². The number of rotatable bonds is 13. The largest absolute Gasteiger partial charge is 1.00 e. The maximum absolute atomic E-state index is 11.8. The predicted octanol–water partition coefficient (Wildman–Crippen LogP) is 0.754. The van der Waals surface area contributed by atoms with E-state index in [0.717, 1.165) is 18.4 Å². The van der Waals surface area contributed by atoms with E-state index in [1.165, 1.54) is 57.2 Å². The second-order valence-corrected chi connectivity index (χ2v) is 7.99. The third-order valence-electron chi connectivity index (χ3n) is 4.10. The number of hydrogen-bond donors (Lipinski definition) is 1. The van der Waals surface area contributed by atoms with Gasteiger partial charge in [-0.15, -0.1) is 5.75 Å². The van der Waals surface area contributed by atoms with Crippen molar-refractivity contribution in [1.82, 2.24) is 0 Å². The van der Waals surface area contributed by atoms with E-state index in [4.69, 9.17) is 4.55 Å². The van der Waals surface area contributed by atoms with Gasteiger partial charge in [0.25, 0.3) is 10.1 Å². The van der Waals surface area contributed by atoms with Gasteiger partial charge in [0.1, 0.15) is 0 Å². The molecule has 0 radical (unpaired) electrons. The zero-order chi connectivity index (χ0) is 18.5. The quantitative estimate of drug-likeness (QED) is 0.233. The van der Waals surface area contributed by atoms with Crippen LogP contribution in [0, 0.1) is 0 Å². The molecular formula is C19H30NNaO4S. The second-order valence-electron chi connectivity index (χ2n) is 6.42. The molecule has 0 aliphatic heterocycles. The number of aliphatic imine (C=N–C) groups is 1. The number of hydrogen-bond acceptors (Lipinski definition) is 4. The van der Waals surface area contributed by atoms with E-state index in [1.54, 1.807) is 0 Å². The topological polar surface area (TPSA) is 89.8 Å². The smallest absolute Gasteiger partial charge is 0.872 e. The molecule has 0 heterocycles. The first-order valence-electron chi connectivity index (χ1n) is 9.17. The maximum atomic E-state index is 11.8. The molecule has 1 aromatic rings. The third-order valence-corrected chi connectivity index (χ3v) is 4.80. The fourth-order valence-electron chi connectivity index (χ4n) is 2.65. The fraction of sp³-hybridized carbons (Fsp3) is 0.632. The molecule has 142 valence electrons. The molecule has 0 atom stereocenters. The van der Waals surface area contributed by atoms with Gasteiger partial charge in [-0.2, -0.15) is 8.42 Å². The van der Waals surface area contributed by atoms with Crippen LogP contribution in [0.1, 0.15) is 69.4 Å². The van der Waals surface area contributed by atoms with Crippen molar-refractivity contribution in [2.45, 2.75) is 64.7 Å². The molecule has 0 aromatic heterocycles. The van der Waals surface area contributed by atoms with Gasteiger partial charge >= 0.3 is 29.6 Å². The SMILES string of the molecule is CCCCCCCCCCc1ccc([O-])c(C=NCCS(=O)(=O)O)c1.[Na+]. The first kappa shape index (κ1) is 25.6. The average Bonchev–Trinajstić information content (AvgIpc) is 2.55. The van der Waals surface area contributed by atoms with Crippen LogP contribution in [0.25, 0.3) is 0 Å². The zero-order valence-electron chi connectivity index (χ0n) is 16.1. The van der Waals surface area contributed by atoms with Crippen molar-refractivity contribution in [2.24, 2.45) is 4.99 Å². The fourth-order valence-corrected chi connectivity index (χ4v) is 2.98. The van der Waals surface area contributed by atoms with Gasteiger partial charge in [-0.1, -0.05) is 70.1 Å². The minimum Gasteiger partial charge on any atom is -0.872 e. The standard InChI is InChI=1S/C19H31NO4S.Na/c1-2-3-4-5-6-7-8-9-10-17-11-12-19(21)18(15-17)16-20-13-14-25(22,23)24;/h11-12,15-16,21H,2-10,13-14H2,1H3,(H,22,23,24);/q;+1/p-1. The van der Waals surface area contributed by atoms with Crippen LogP contribution < -0.4 is 34.7 Å². The Balaban J connectivity index is 0.00000625. The number of nitrogens with zero attached hydrogens (tertiary/aromatic N) is 1. The summed E-state index contributed by atoms with van der Waals surface area (Å²) in [5.74, 6) is -0.564. The number of benzene rings is 1. The molecule has 0 unspecified atom stereocenters. The van der Waals surface area contributed by atoms with Gasteiger partial charge in [-0.3, -0.25) is 9.55 Å². The van der Waals surface area contributed by atoms with E-state index in [9.17, 15) is 13.5 Å². The molecule has 1 rings (SSSR count). The minimum atomic E-state index is -4.01. The Morgan fingerprint density at radius 2 is 1.69 bits per heavy atom. The summed E-state index contributed by atoms with van der Waals surface area (Å²) in [6, 6.07) is 5.20. The summed E-state index contributed by atoms with van der Waals surface area (Å²) < 4.78 is 29.9. The van der Waals surface area contributed by atoms with Crippen molar-refractivity contribution in [3.8, 4) is 5.75 Å². The summed E-state index contributed by atoms with van der Waals surface area (Å²) in [7, 11) is -4.01. The van der Waals surface area contributed by atoms with Crippen molar-refractivity contribution in [3.05, 3.63) is 29.3 Å². The molecular weight excluding hydrogens is 361 g/mol. The van der Waals surface area contributed by atoms with Gasteiger partial charge in [-0.25, -0.2) is 0 Å². The van der Waals surface area contributed by atoms with Crippen LogP contribution in [-0.4, -0.2) is 31.5 Å². The minimum absolute atomic E-state index is 0. The molecule has 0 aliphatic rings. The molecule has 0 bridgehead atoms. The Hall–Kier alpha value is -0.400. The van der Waals surface area contributed by atoms with Crippen LogP contribution in [0.15, 0.2) is 23.2 Å². The van der Waals surface area contributed by atoms with E-state index < -0.39 is 15.9 Å². The van der Waals surface area contributed by atoms with E-state index in [0.29, 0.717) is 5.56 Å². The molecule has 26 heavy (non-hydrogen) atoms. The molecule has 1 aromatic carbocycles. The van der Waals surface area contributed by atoms with Crippen LogP contribution in [0.3, 0.4) is 0 Å². The molecule has 0 saturated heterocycles. The molecule has 0 saturated carbocycles. The van der Waals surface area contributed by atoms with E-state index in [2.05, 4.69) is 11.9 Å². The summed E-state index contributed by atoms with van der Waals surface area (Å²) in [6.45, 7) is 2.17. The third kappa shape index (κ3) is 12.9. The van der Waals surface area contributed by atoms with Gasteiger partial charge in [0, 0.05) is 6.21 Å². The van der Waals surface area contributed by atoms with Gasteiger partial charge in [0.15, 0.2) is 0 Å². The van der Waals surface area contributed by atoms with Crippen molar-refractivity contribution in [2.75, 3.05) is 12.3 Å².